The van der Waals surface area contributed by atoms with E-state index in [1.165, 1.54) is 30.6 Å². The first-order valence-electron chi connectivity index (χ1n) is 7.46. The van der Waals surface area contributed by atoms with Crippen molar-refractivity contribution in [2.45, 2.75) is 6.17 Å². The molecular weight excluding hydrogens is 346 g/mol. The Kier molecular flexibility index (Phi) is 3.80. The highest BCUT2D eigenvalue weighted by Gasteiger charge is 2.34. The van der Waals surface area contributed by atoms with E-state index in [0.717, 1.165) is 10.8 Å². The van der Waals surface area contributed by atoms with E-state index in [-0.39, 0.29) is 11.4 Å². The van der Waals surface area contributed by atoms with Gasteiger partial charge in [-0.2, -0.15) is 4.39 Å². The van der Waals surface area contributed by atoms with Crippen molar-refractivity contribution in [3.8, 4) is 0 Å². The number of H-pyrrole nitrogens is 2. The summed E-state index contributed by atoms with van der Waals surface area (Å²) in [6, 6.07) is 5.25. The van der Waals surface area contributed by atoms with Crippen molar-refractivity contribution in [3.05, 3.63) is 65.7 Å². The Bertz CT molecular complexity index is 1020. The predicted molar refractivity (Wildman–Crippen MR) is 83.6 cm³/mol. The van der Waals surface area contributed by atoms with Crippen LogP contribution in [0.25, 0.3) is 0 Å². The summed E-state index contributed by atoms with van der Waals surface area (Å²) in [5.74, 6) is -2.19. The molecule has 0 bridgehead atoms. The van der Waals surface area contributed by atoms with Crippen molar-refractivity contribution in [2.24, 2.45) is 15.6 Å². The Labute approximate surface area is 144 Å². The molecule has 9 nitrogen and oxygen atoms in total. The van der Waals surface area contributed by atoms with E-state index in [1.54, 1.807) is 6.20 Å². The Hall–Kier alpha value is -3.76. The summed E-state index contributed by atoms with van der Waals surface area (Å²) < 4.78 is 28.7. The molecule has 2 aromatic heterocycles. The van der Waals surface area contributed by atoms with Gasteiger partial charge >= 0.3 is 0 Å². The molecule has 1 aromatic carbocycles. The van der Waals surface area contributed by atoms with Gasteiger partial charge in [-0.05, 0) is 18.2 Å². The average Bonchev–Trinajstić information content (AvgIpc) is 3.37. The summed E-state index contributed by atoms with van der Waals surface area (Å²) in [6.45, 7) is 0. The van der Waals surface area contributed by atoms with E-state index in [2.05, 4.69) is 35.8 Å². The van der Waals surface area contributed by atoms with Crippen molar-refractivity contribution < 1.29 is 18.3 Å². The summed E-state index contributed by atoms with van der Waals surface area (Å²) >= 11 is 0. The number of amides is 1. The number of carbonyl (C=O) groups excluding carboxylic acids is 1. The molecular formula is C15H11F2N8O+. The summed E-state index contributed by atoms with van der Waals surface area (Å²) in [6.07, 6.45) is 3.77. The SMILES string of the molecule is O=C(Nc1ncc[nH]1)c1cc(C2N=NN=[N+]2c2cccc(F)c2F)c[nH]1. The van der Waals surface area contributed by atoms with Gasteiger partial charge in [0.15, 0.2) is 16.7 Å². The Morgan fingerprint density at radius 3 is 2.96 bits per heavy atom. The lowest BCUT2D eigenvalue weighted by Gasteiger charge is -2.05. The zero-order valence-electron chi connectivity index (χ0n) is 13.0. The van der Waals surface area contributed by atoms with Crippen LogP contribution in [0.5, 0.6) is 0 Å². The third kappa shape index (κ3) is 2.75. The molecule has 26 heavy (non-hydrogen) atoms. The van der Waals surface area contributed by atoms with Crippen molar-refractivity contribution in [1.82, 2.24) is 15.0 Å². The summed E-state index contributed by atoms with van der Waals surface area (Å²) in [5.41, 5.74) is 0.629. The molecule has 3 heterocycles. The topological polar surface area (TPSA) is 114 Å². The molecule has 1 aliphatic heterocycles. The van der Waals surface area contributed by atoms with Gasteiger partial charge < -0.3 is 9.97 Å². The molecule has 4 rings (SSSR count). The molecule has 1 aliphatic rings. The Morgan fingerprint density at radius 2 is 2.15 bits per heavy atom. The molecule has 0 aliphatic carbocycles. The highest BCUT2D eigenvalue weighted by Crippen LogP contribution is 2.33. The normalized spacial score (nSPS) is 15.9. The number of hydrogen-bond acceptors (Lipinski definition) is 5. The monoisotopic (exact) mass is 357 g/mol. The van der Waals surface area contributed by atoms with Gasteiger partial charge in [0.2, 0.25) is 17.0 Å². The standard InChI is InChI=1S/C15H10F2N8O/c16-9-2-1-3-11(12(9)17)25-13(22-23-24-25)8-6-10(20-7-8)14(26)21-15-18-4-5-19-15/h1-7,13H,(H2,20,22,24,26)/p+1. The fraction of sp³-hybridized carbons (Fsp3) is 0.0667. The smallest absolute Gasteiger partial charge is 0.285 e. The second-order valence-corrected chi connectivity index (χ2v) is 5.32. The Balaban J connectivity index is 1.59. The van der Waals surface area contributed by atoms with Crippen LogP contribution in [0, 0.1) is 11.6 Å². The number of benzene rings is 1. The molecule has 0 spiro atoms. The summed E-state index contributed by atoms with van der Waals surface area (Å²) in [5, 5.41) is 13.8. The van der Waals surface area contributed by atoms with Crippen molar-refractivity contribution in [1.29, 1.82) is 0 Å². The second kappa shape index (κ2) is 6.27. The van der Waals surface area contributed by atoms with Crippen LogP contribution >= 0.6 is 0 Å². The molecule has 0 radical (unpaired) electrons. The van der Waals surface area contributed by atoms with Crippen LogP contribution in [0.2, 0.25) is 0 Å². The number of aromatic amines is 2. The molecule has 1 unspecified atom stereocenters. The molecule has 3 N–H and O–H groups in total. The van der Waals surface area contributed by atoms with Crippen LogP contribution in [-0.2, 0) is 0 Å². The number of carbonyl (C=O) groups is 1. The average molecular weight is 357 g/mol. The molecule has 3 aromatic rings. The van der Waals surface area contributed by atoms with Crippen molar-refractivity contribution >= 4 is 17.5 Å². The highest BCUT2D eigenvalue weighted by atomic mass is 19.2. The number of halogens is 2. The fourth-order valence-corrected chi connectivity index (χ4v) is 2.47. The van der Waals surface area contributed by atoms with Crippen LogP contribution in [0.1, 0.15) is 22.2 Å². The minimum atomic E-state index is -1.06. The van der Waals surface area contributed by atoms with Gasteiger partial charge in [0.25, 0.3) is 12.1 Å². The van der Waals surface area contributed by atoms with E-state index >= 15 is 0 Å². The minimum absolute atomic E-state index is 0.109. The van der Waals surface area contributed by atoms with Gasteiger partial charge in [0.05, 0.1) is 0 Å². The number of aromatic nitrogens is 3. The van der Waals surface area contributed by atoms with E-state index in [1.807, 2.05) is 0 Å². The molecule has 1 atom stereocenters. The van der Waals surface area contributed by atoms with E-state index < -0.39 is 23.7 Å². The van der Waals surface area contributed by atoms with Crippen LogP contribution in [0.15, 0.2) is 58.4 Å². The molecule has 11 heteroatoms. The lowest BCUT2D eigenvalue weighted by atomic mass is 10.2. The van der Waals surface area contributed by atoms with Gasteiger partial charge in [-0.15, -0.1) is 0 Å². The largest absolute Gasteiger partial charge is 0.357 e. The number of hydrogen-bond donors (Lipinski definition) is 3. The van der Waals surface area contributed by atoms with E-state index in [9.17, 15) is 13.6 Å². The first kappa shape index (κ1) is 15.7. The molecule has 0 fully saturated rings. The van der Waals surface area contributed by atoms with Gasteiger partial charge in [-0.25, -0.2) is 9.37 Å². The maximum Gasteiger partial charge on any atom is 0.285 e. The van der Waals surface area contributed by atoms with Gasteiger partial charge in [0.1, 0.15) is 5.69 Å². The number of anilines is 1. The number of nitrogens with one attached hydrogen (secondary N) is 3. The first-order chi connectivity index (χ1) is 12.6. The number of nitrogens with zero attached hydrogens (tertiary/aromatic N) is 5. The van der Waals surface area contributed by atoms with Gasteiger partial charge in [-0.1, -0.05) is 10.8 Å². The van der Waals surface area contributed by atoms with Crippen LogP contribution in [-0.4, -0.2) is 25.6 Å². The second-order valence-electron chi connectivity index (χ2n) is 5.32. The fourth-order valence-electron chi connectivity index (χ4n) is 2.47. The Morgan fingerprint density at radius 1 is 1.27 bits per heavy atom. The van der Waals surface area contributed by atoms with Gasteiger partial charge in [0, 0.05) is 29.3 Å². The quantitative estimate of drug-likeness (QED) is 0.621. The third-order valence-electron chi connectivity index (χ3n) is 3.69. The maximum atomic E-state index is 14.0. The summed E-state index contributed by atoms with van der Waals surface area (Å²) in [7, 11) is 0. The lowest BCUT2D eigenvalue weighted by Crippen LogP contribution is -2.13. The lowest BCUT2D eigenvalue weighted by molar-refractivity contribution is -0.549. The molecule has 1 amide bonds. The molecule has 0 saturated heterocycles. The number of imidazole rings is 1. The maximum absolute atomic E-state index is 14.0. The minimum Gasteiger partial charge on any atom is -0.357 e. The van der Waals surface area contributed by atoms with Crippen molar-refractivity contribution in [3.63, 3.8) is 0 Å². The molecule has 130 valence electrons. The van der Waals surface area contributed by atoms with Crippen LogP contribution in [0.3, 0.4) is 0 Å². The third-order valence-corrected chi connectivity index (χ3v) is 3.69. The van der Waals surface area contributed by atoms with Crippen LogP contribution < -0.4 is 5.32 Å². The van der Waals surface area contributed by atoms with E-state index in [4.69, 9.17) is 0 Å². The highest BCUT2D eigenvalue weighted by molar-refractivity contribution is 6.02. The number of rotatable bonds is 4. The zero-order valence-corrected chi connectivity index (χ0v) is 13.0. The van der Waals surface area contributed by atoms with E-state index in [0.29, 0.717) is 11.5 Å². The molecule has 0 saturated carbocycles. The zero-order chi connectivity index (χ0) is 18.1. The predicted octanol–water partition coefficient (Wildman–Crippen LogP) is 3.44. The van der Waals surface area contributed by atoms with Crippen LogP contribution in [0.4, 0.5) is 20.4 Å². The van der Waals surface area contributed by atoms with Gasteiger partial charge in [-0.3, -0.25) is 10.1 Å². The van der Waals surface area contributed by atoms with Crippen molar-refractivity contribution in [2.75, 3.05) is 5.32 Å². The first-order valence-corrected chi connectivity index (χ1v) is 7.46. The summed E-state index contributed by atoms with van der Waals surface area (Å²) in [4.78, 5) is 21.6.